The van der Waals surface area contributed by atoms with Crippen molar-refractivity contribution in [3.05, 3.63) is 18.0 Å². The van der Waals surface area contributed by atoms with E-state index < -0.39 is 11.7 Å². The molecular weight excluding hydrogens is 245 g/mol. The number of piperidine rings is 1. The maximum Gasteiger partial charge on any atom is 0.419 e. The fraction of sp³-hybridized carbons (Fsp3) is 0.636. The van der Waals surface area contributed by atoms with Gasteiger partial charge in [-0.25, -0.2) is 9.97 Å². The van der Waals surface area contributed by atoms with E-state index in [0.29, 0.717) is 6.04 Å². The van der Waals surface area contributed by atoms with E-state index in [-0.39, 0.29) is 12.0 Å². The van der Waals surface area contributed by atoms with Crippen LogP contribution in [0.25, 0.3) is 0 Å². The van der Waals surface area contributed by atoms with Crippen molar-refractivity contribution < 1.29 is 13.2 Å². The highest BCUT2D eigenvalue weighted by Crippen LogP contribution is 2.28. The molecule has 2 N–H and O–H groups in total. The summed E-state index contributed by atoms with van der Waals surface area (Å²) in [5.41, 5.74) is -0.830. The van der Waals surface area contributed by atoms with Gasteiger partial charge in [0.05, 0.1) is 5.56 Å². The molecule has 7 heteroatoms. The van der Waals surface area contributed by atoms with Crippen LogP contribution in [0.3, 0.4) is 0 Å². The Morgan fingerprint density at radius 2 is 1.94 bits per heavy atom. The molecule has 1 aromatic heterocycles. The maximum atomic E-state index is 12.3. The average molecular weight is 260 g/mol. The Kier molecular flexibility index (Phi) is 3.70. The minimum Gasteiger partial charge on any atom is -0.350 e. The summed E-state index contributed by atoms with van der Waals surface area (Å²) in [6.45, 7) is 2.87. The van der Waals surface area contributed by atoms with E-state index in [1.54, 1.807) is 0 Å². The number of nitrogens with one attached hydrogen (secondary N) is 2. The monoisotopic (exact) mass is 260 g/mol. The molecule has 1 aliphatic rings. The van der Waals surface area contributed by atoms with E-state index in [4.69, 9.17) is 0 Å². The van der Waals surface area contributed by atoms with Gasteiger partial charge in [0, 0.05) is 31.0 Å². The topological polar surface area (TPSA) is 49.8 Å². The highest BCUT2D eigenvalue weighted by Gasteiger charge is 2.31. The van der Waals surface area contributed by atoms with E-state index in [1.165, 1.54) is 0 Å². The third-order valence-electron chi connectivity index (χ3n) is 2.97. The lowest BCUT2D eigenvalue weighted by Gasteiger charge is -2.28. The second-order valence-electron chi connectivity index (χ2n) is 4.52. The van der Waals surface area contributed by atoms with Crippen LogP contribution in [0.15, 0.2) is 12.4 Å². The molecule has 1 aromatic rings. The lowest BCUT2D eigenvalue weighted by atomic mass is 10.0. The molecular formula is C11H15F3N4. The second-order valence-corrected chi connectivity index (χ2v) is 4.52. The van der Waals surface area contributed by atoms with Crippen molar-refractivity contribution in [1.82, 2.24) is 15.3 Å². The van der Waals surface area contributed by atoms with Crippen molar-refractivity contribution >= 4 is 5.95 Å². The van der Waals surface area contributed by atoms with Gasteiger partial charge in [-0.3, -0.25) is 0 Å². The average Bonchev–Trinajstić information content (AvgIpc) is 2.32. The van der Waals surface area contributed by atoms with Gasteiger partial charge in [-0.05, 0) is 19.8 Å². The third-order valence-corrected chi connectivity index (χ3v) is 2.97. The van der Waals surface area contributed by atoms with Crippen LogP contribution in [0.2, 0.25) is 0 Å². The summed E-state index contributed by atoms with van der Waals surface area (Å²) in [5.74, 6) is 0.240. The van der Waals surface area contributed by atoms with Gasteiger partial charge in [-0.1, -0.05) is 0 Å². The molecule has 0 unspecified atom stereocenters. The van der Waals surface area contributed by atoms with Crippen molar-refractivity contribution in [2.45, 2.75) is 38.0 Å². The van der Waals surface area contributed by atoms with Crippen molar-refractivity contribution in [2.75, 3.05) is 11.9 Å². The SMILES string of the molecule is C[C@H]1CC[C@H](Nc2ncc(C(F)(F)F)cn2)CN1. The number of halogens is 3. The van der Waals surface area contributed by atoms with Crippen LogP contribution in [-0.2, 0) is 6.18 Å². The quantitative estimate of drug-likeness (QED) is 0.854. The first kappa shape index (κ1) is 13.1. The number of rotatable bonds is 2. The van der Waals surface area contributed by atoms with E-state index in [0.717, 1.165) is 31.8 Å². The molecule has 0 saturated carbocycles. The zero-order chi connectivity index (χ0) is 13.2. The normalized spacial score (nSPS) is 24.9. The molecule has 0 amide bonds. The van der Waals surface area contributed by atoms with E-state index in [9.17, 15) is 13.2 Å². The highest BCUT2D eigenvalue weighted by molar-refractivity contribution is 5.27. The smallest absolute Gasteiger partial charge is 0.350 e. The lowest BCUT2D eigenvalue weighted by Crippen LogP contribution is -2.43. The first-order chi connectivity index (χ1) is 8.45. The van der Waals surface area contributed by atoms with E-state index in [2.05, 4.69) is 27.5 Å². The summed E-state index contributed by atoms with van der Waals surface area (Å²) in [5, 5.41) is 6.32. The first-order valence-electron chi connectivity index (χ1n) is 5.84. The van der Waals surface area contributed by atoms with Gasteiger partial charge in [0.1, 0.15) is 0 Å². The van der Waals surface area contributed by atoms with Gasteiger partial charge >= 0.3 is 6.18 Å². The van der Waals surface area contributed by atoms with E-state index >= 15 is 0 Å². The Balaban J connectivity index is 1.94. The largest absolute Gasteiger partial charge is 0.419 e. The summed E-state index contributed by atoms with van der Waals surface area (Å²) in [6.07, 6.45) is -0.806. The predicted octanol–water partition coefficient (Wildman–Crippen LogP) is 2.05. The van der Waals surface area contributed by atoms with Crippen LogP contribution in [0.4, 0.5) is 19.1 Å². The molecule has 4 nitrogen and oxygen atoms in total. The number of hydrogen-bond acceptors (Lipinski definition) is 4. The Morgan fingerprint density at radius 3 is 2.44 bits per heavy atom. The fourth-order valence-electron chi connectivity index (χ4n) is 1.85. The van der Waals surface area contributed by atoms with Crippen LogP contribution in [-0.4, -0.2) is 28.6 Å². The van der Waals surface area contributed by atoms with Gasteiger partial charge in [-0.2, -0.15) is 13.2 Å². The molecule has 0 radical (unpaired) electrons. The number of nitrogens with zero attached hydrogens (tertiary/aromatic N) is 2. The summed E-state index contributed by atoms with van der Waals surface area (Å²) in [4.78, 5) is 7.38. The zero-order valence-electron chi connectivity index (χ0n) is 9.96. The van der Waals surface area contributed by atoms with Crippen molar-refractivity contribution in [3.63, 3.8) is 0 Å². The molecule has 100 valence electrons. The van der Waals surface area contributed by atoms with Crippen LogP contribution in [0.1, 0.15) is 25.3 Å². The standard InChI is InChI=1S/C11H15F3N4/c1-7-2-3-9(6-15-7)18-10-16-4-8(5-17-10)11(12,13)14/h4-5,7,9,15H,2-3,6H2,1H3,(H,16,17,18)/t7-,9-/m0/s1. The molecule has 1 saturated heterocycles. The first-order valence-corrected chi connectivity index (χ1v) is 5.84. The van der Waals surface area contributed by atoms with Crippen molar-refractivity contribution in [1.29, 1.82) is 0 Å². The molecule has 0 aliphatic carbocycles. The molecule has 2 heterocycles. The lowest BCUT2D eigenvalue weighted by molar-refractivity contribution is -0.138. The number of alkyl halides is 3. The molecule has 0 bridgehead atoms. The van der Waals surface area contributed by atoms with E-state index in [1.807, 2.05) is 0 Å². The Labute approximate surface area is 103 Å². The fourth-order valence-corrected chi connectivity index (χ4v) is 1.85. The van der Waals surface area contributed by atoms with Crippen LogP contribution in [0.5, 0.6) is 0 Å². The van der Waals surface area contributed by atoms with Gasteiger partial charge in [0.25, 0.3) is 0 Å². The van der Waals surface area contributed by atoms with Gasteiger partial charge in [0.15, 0.2) is 0 Å². The van der Waals surface area contributed by atoms with Crippen molar-refractivity contribution in [2.24, 2.45) is 0 Å². The summed E-state index contributed by atoms with van der Waals surface area (Å²) >= 11 is 0. The second kappa shape index (κ2) is 5.09. The Morgan fingerprint density at radius 1 is 1.28 bits per heavy atom. The minimum atomic E-state index is -4.39. The third kappa shape index (κ3) is 3.32. The number of aromatic nitrogens is 2. The summed E-state index contributed by atoms with van der Waals surface area (Å²) in [6, 6.07) is 0.648. The van der Waals surface area contributed by atoms with Crippen molar-refractivity contribution in [3.8, 4) is 0 Å². The maximum absolute atomic E-state index is 12.3. The zero-order valence-corrected chi connectivity index (χ0v) is 9.96. The predicted molar refractivity (Wildman–Crippen MR) is 61.1 cm³/mol. The van der Waals surface area contributed by atoms with Crippen LogP contribution in [0, 0.1) is 0 Å². The highest BCUT2D eigenvalue weighted by atomic mass is 19.4. The molecule has 2 rings (SSSR count). The molecule has 18 heavy (non-hydrogen) atoms. The summed E-state index contributed by atoms with van der Waals surface area (Å²) < 4.78 is 36.9. The molecule has 0 spiro atoms. The number of anilines is 1. The molecule has 0 aromatic carbocycles. The van der Waals surface area contributed by atoms with Gasteiger partial charge < -0.3 is 10.6 Å². The van der Waals surface area contributed by atoms with Crippen LogP contribution >= 0.6 is 0 Å². The minimum absolute atomic E-state index is 0.165. The Hall–Kier alpha value is -1.37. The van der Waals surface area contributed by atoms with Gasteiger partial charge in [-0.15, -0.1) is 0 Å². The number of hydrogen-bond donors (Lipinski definition) is 2. The van der Waals surface area contributed by atoms with Crippen LogP contribution < -0.4 is 10.6 Å². The summed E-state index contributed by atoms with van der Waals surface area (Å²) in [7, 11) is 0. The molecule has 2 atom stereocenters. The molecule has 1 fully saturated rings. The van der Waals surface area contributed by atoms with Gasteiger partial charge in [0.2, 0.25) is 5.95 Å². The Bertz CT molecular complexity index is 382. The molecule has 1 aliphatic heterocycles.